The van der Waals surface area contributed by atoms with Crippen LogP contribution >= 0.6 is 0 Å². The molecule has 0 spiro atoms. The Morgan fingerprint density at radius 3 is 2.32 bits per heavy atom. The Hall–Kier alpha value is -3.22. The minimum atomic E-state index is -0.384. The fourth-order valence-corrected chi connectivity index (χ4v) is 3.26. The first-order valence-corrected chi connectivity index (χ1v) is 9.30. The number of benzene rings is 2. The van der Waals surface area contributed by atoms with Crippen LogP contribution in [0.15, 0.2) is 42.5 Å². The molecule has 3 rings (SSSR count). The number of likely N-dealkylation sites (tertiary alicyclic amines) is 1. The van der Waals surface area contributed by atoms with Crippen molar-refractivity contribution in [2.24, 2.45) is 0 Å². The predicted octanol–water partition coefficient (Wildman–Crippen LogP) is 3.64. The van der Waals surface area contributed by atoms with Gasteiger partial charge >= 0.3 is 6.03 Å². The summed E-state index contributed by atoms with van der Waals surface area (Å²) in [6, 6.07) is 12.1. The summed E-state index contributed by atoms with van der Waals surface area (Å²) in [5.41, 5.74) is 2.60. The van der Waals surface area contributed by atoms with E-state index in [2.05, 4.69) is 10.6 Å². The van der Waals surface area contributed by atoms with Crippen LogP contribution in [0.2, 0.25) is 0 Å². The van der Waals surface area contributed by atoms with Gasteiger partial charge in [0.25, 0.3) is 5.91 Å². The summed E-state index contributed by atoms with van der Waals surface area (Å²) in [7, 11) is 5.38. The zero-order valence-electron chi connectivity index (χ0n) is 16.5. The number of anilines is 3. The van der Waals surface area contributed by atoms with Crippen LogP contribution in [0, 0.1) is 0 Å². The molecule has 0 bridgehead atoms. The third-order valence-corrected chi connectivity index (χ3v) is 4.69. The first-order chi connectivity index (χ1) is 13.5. The Bertz CT molecular complexity index is 860. The number of hydrogen-bond acceptors (Lipinski definition) is 4. The molecule has 2 N–H and O–H groups in total. The highest BCUT2D eigenvalue weighted by atomic mass is 16.5. The van der Waals surface area contributed by atoms with Gasteiger partial charge in [-0.3, -0.25) is 4.79 Å². The van der Waals surface area contributed by atoms with Gasteiger partial charge in [0.05, 0.1) is 12.7 Å². The standard InChI is InChI=1S/C21H26N4O3/c1-24(2)19-10-9-16(14-18(19)20(26)25-11-4-5-12-25)23-21(27)22-15-7-6-8-17(13-15)28-3/h6-10,13-14H,4-5,11-12H2,1-3H3,(H2,22,23,27). The Kier molecular flexibility index (Phi) is 6.03. The van der Waals surface area contributed by atoms with E-state index in [-0.39, 0.29) is 11.9 Å². The van der Waals surface area contributed by atoms with Crippen molar-refractivity contribution in [3.8, 4) is 5.75 Å². The first-order valence-electron chi connectivity index (χ1n) is 9.30. The molecule has 3 amide bonds. The highest BCUT2D eigenvalue weighted by Gasteiger charge is 2.23. The molecule has 148 valence electrons. The van der Waals surface area contributed by atoms with Crippen LogP contribution in [-0.2, 0) is 0 Å². The number of carbonyl (C=O) groups is 2. The van der Waals surface area contributed by atoms with Gasteiger partial charge in [0, 0.05) is 50.3 Å². The van der Waals surface area contributed by atoms with E-state index in [9.17, 15) is 9.59 Å². The summed E-state index contributed by atoms with van der Waals surface area (Å²) in [4.78, 5) is 29.1. The van der Waals surface area contributed by atoms with Gasteiger partial charge in [0.2, 0.25) is 0 Å². The molecular weight excluding hydrogens is 356 g/mol. The van der Waals surface area contributed by atoms with Crippen molar-refractivity contribution in [2.75, 3.05) is 49.8 Å². The molecular formula is C21H26N4O3. The normalized spacial score (nSPS) is 13.2. The molecule has 0 atom stereocenters. The number of hydrogen-bond donors (Lipinski definition) is 2. The van der Waals surface area contributed by atoms with Gasteiger partial charge < -0.3 is 25.2 Å². The van der Waals surface area contributed by atoms with Crippen LogP contribution in [-0.4, -0.2) is 51.1 Å². The second kappa shape index (κ2) is 8.65. The summed E-state index contributed by atoms with van der Waals surface area (Å²) in [6.07, 6.45) is 2.06. The molecule has 1 heterocycles. The maximum atomic E-state index is 12.9. The lowest BCUT2D eigenvalue weighted by molar-refractivity contribution is 0.0793. The van der Waals surface area contributed by atoms with E-state index in [0.29, 0.717) is 22.7 Å². The number of amides is 3. The van der Waals surface area contributed by atoms with Crippen molar-refractivity contribution < 1.29 is 14.3 Å². The van der Waals surface area contributed by atoms with Crippen LogP contribution < -0.4 is 20.3 Å². The van der Waals surface area contributed by atoms with Crippen molar-refractivity contribution in [2.45, 2.75) is 12.8 Å². The Labute approximate surface area is 165 Å². The van der Waals surface area contributed by atoms with Crippen molar-refractivity contribution in [1.82, 2.24) is 4.90 Å². The summed E-state index contributed by atoms with van der Waals surface area (Å²) in [5, 5.41) is 5.57. The lowest BCUT2D eigenvalue weighted by Crippen LogP contribution is -2.29. The number of nitrogens with one attached hydrogen (secondary N) is 2. The Balaban J connectivity index is 1.77. The van der Waals surface area contributed by atoms with Gasteiger partial charge in [-0.2, -0.15) is 0 Å². The van der Waals surface area contributed by atoms with Crippen LogP contribution in [0.1, 0.15) is 23.2 Å². The molecule has 7 nitrogen and oxygen atoms in total. The van der Waals surface area contributed by atoms with E-state index in [1.54, 1.807) is 43.5 Å². The molecule has 0 unspecified atom stereocenters. The zero-order valence-corrected chi connectivity index (χ0v) is 16.5. The van der Waals surface area contributed by atoms with Crippen molar-refractivity contribution in [3.05, 3.63) is 48.0 Å². The number of methoxy groups -OCH3 is 1. The average Bonchev–Trinajstić information content (AvgIpc) is 3.22. The average molecular weight is 382 g/mol. The Morgan fingerprint density at radius 1 is 1.00 bits per heavy atom. The fourth-order valence-electron chi connectivity index (χ4n) is 3.26. The molecule has 1 fully saturated rings. The predicted molar refractivity (Wildman–Crippen MR) is 112 cm³/mol. The molecule has 7 heteroatoms. The van der Waals surface area contributed by atoms with Gasteiger partial charge in [0.15, 0.2) is 0 Å². The van der Waals surface area contributed by atoms with Gasteiger partial charge in [-0.15, -0.1) is 0 Å². The van der Waals surface area contributed by atoms with E-state index >= 15 is 0 Å². The number of urea groups is 1. The second-order valence-corrected chi connectivity index (χ2v) is 6.94. The molecule has 0 radical (unpaired) electrons. The SMILES string of the molecule is COc1cccc(NC(=O)Nc2ccc(N(C)C)c(C(=O)N3CCCC3)c2)c1. The highest BCUT2D eigenvalue weighted by molar-refractivity contribution is 6.04. The maximum Gasteiger partial charge on any atom is 0.323 e. The molecule has 0 aliphatic carbocycles. The summed E-state index contributed by atoms with van der Waals surface area (Å²) < 4.78 is 5.16. The van der Waals surface area contributed by atoms with Gasteiger partial charge in [-0.1, -0.05) is 6.07 Å². The largest absolute Gasteiger partial charge is 0.497 e. The molecule has 2 aromatic rings. The third-order valence-electron chi connectivity index (χ3n) is 4.69. The number of ether oxygens (including phenoxy) is 1. The summed E-state index contributed by atoms with van der Waals surface area (Å²) in [6.45, 7) is 1.55. The van der Waals surface area contributed by atoms with E-state index < -0.39 is 0 Å². The first kappa shape index (κ1) is 19.5. The van der Waals surface area contributed by atoms with Gasteiger partial charge in [-0.05, 0) is 43.2 Å². The third kappa shape index (κ3) is 4.54. The highest BCUT2D eigenvalue weighted by Crippen LogP contribution is 2.26. The zero-order chi connectivity index (χ0) is 20.1. The minimum Gasteiger partial charge on any atom is -0.497 e. The monoisotopic (exact) mass is 382 g/mol. The number of nitrogens with zero attached hydrogens (tertiary/aromatic N) is 2. The quantitative estimate of drug-likeness (QED) is 0.828. The van der Waals surface area contributed by atoms with Gasteiger partial charge in [0.1, 0.15) is 5.75 Å². The Morgan fingerprint density at radius 2 is 1.68 bits per heavy atom. The molecule has 1 saturated heterocycles. The molecule has 28 heavy (non-hydrogen) atoms. The smallest absolute Gasteiger partial charge is 0.323 e. The van der Waals surface area contributed by atoms with Crippen LogP contribution in [0.3, 0.4) is 0 Å². The van der Waals surface area contributed by atoms with Crippen LogP contribution in [0.5, 0.6) is 5.75 Å². The van der Waals surface area contributed by atoms with Crippen LogP contribution in [0.4, 0.5) is 21.9 Å². The van der Waals surface area contributed by atoms with E-state index in [1.165, 1.54) is 0 Å². The maximum absolute atomic E-state index is 12.9. The summed E-state index contributed by atoms with van der Waals surface area (Å²) in [5.74, 6) is 0.657. The fraction of sp³-hybridized carbons (Fsp3) is 0.333. The lowest BCUT2D eigenvalue weighted by Gasteiger charge is -2.22. The van der Waals surface area contributed by atoms with Crippen molar-refractivity contribution in [3.63, 3.8) is 0 Å². The van der Waals surface area contributed by atoms with Gasteiger partial charge in [-0.25, -0.2) is 4.79 Å². The van der Waals surface area contributed by atoms with E-state index in [0.717, 1.165) is 31.6 Å². The van der Waals surface area contributed by atoms with Crippen molar-refractivity contribution >= 4 is 29.0 Å². The van der Waals surface area contributed by atoms with E-state index in [4.69, 9.17) is 4.74 Å². The van der Waals surface area contributed by atoms with Crippen LogP contribution in [0.25, 0.3) is 0 Å². The number of rotatable bonds is 5. The molecule has 1 aliphatic heterocycles. The lowest BCUT2D eigenvalue weighted by atomic mass is 10.1. The second-order valence-electron chi connectivity index (χ2n) is 6.94. The summed E-state index contributed by atoms with van der Waals surface area (Å²) >= 11 is 0. The van der Waals surface area contributed by atoms with E-state index in [1.807, 2.05) is 30.0 Å². The van der Waals surface area contributed by atoms with Crippen molar-refractivity contribution in [1.29, 1.82) is 0 Å². The topological polar surface area (TPSA) is 73.9 Å². The minimum absolute atomic E-state index is 0.00180. The molecule has 0 saturated carbocycles. The number of carbonyl (C=O) groups excluding carboxylic acids is 2. The molecule has 2 aromatic carbocycles. The molecule has 1 aliphatic rings. The molecule has 0 aromatic heterocycles.